The molecule has 0 aliphatic heterocycles. The van der Waals surface area contributed by atoms with Crippen LogP contribution in [-0.2, 0) is 20.1 Å². The van der Waals surface area contributed by atoms with Crippen LogP contribution in [0.2, 0.25) is 19.6 Å². The van der Waals surface area contributed by atoms with Crippen molar-refractivity contribution in [3.05, 3.63) is 168 Å². The van der Waals surface area contributed by atoms with E-state index in [4.69, 9.17) is 13.5 Å². The molecule has 3 heterocycles. The molecule has 0 N–H and O–H groups in total. The molecule has 0 spiro atoms. The van der Waals surface area contributed by atoms with Crippen molar-refractivity contribution in [3.63, 3.8) is 0 Å². The zero-order chi connectivity index (χ0) is 43.5. The van der Waals surface area contributed by atoms with E-state index in [1.165, 1.54) is 55.3 Å². The Morgan fingerprint density at radius 1 is 0.683 bits per heavy atom. The Kier molecular flexibility index (Phi) is 10.2. The minimum atomic E-state index is -2.09. The first-order valence-corrected chi connectivity index (χ1v) is 24.0. The van der Waals surface area contributed by atoms with Gasteiger partial charge in [-0.2, -0.15) is 0 Å². The van der Waals surface area contributed by atoms with Gasteiger partial charge < -0.3 is 14.0 Å². The van der Waals surface area contributed by atoms with E-state index < -0.39 is 14.9 Å². The van der Waals surface area contributed by atoms with Gasteiger partial charge in [0.05, 0.1) is 30.5 Å². The molecule has 301 valence electrons. The summed E-state index contributed by atoms with van der Waals surface area (Å²) in [6.45, 7) is 14.4. The molecule has 0 aliphatic carbocycles. The summed E-state index contributed by atoms with van der Waals surface area (Å²) in [7, 11) is -1.76. The van der Waals surface area contributed by atoms with Crippen LogP contribution in [0.5, 0.6) is 0 Å². The predicted octanol–water partition coefficient (Wildman–Crippen LogP) is 14.3. The van der Waals surface area contributed by atoms with Crippen molar-refractivity contribution in [2.24, 2.45) is 0 Å². The topological polar surface area (TPSA) is 43.9 Å². The Morgan fingerprint density at radius 3 is 2.13 bits per heavy atom. The first-order valence-electron chi connectivity index (χ1n) is 22.0. The van der Waals surface area contributed by atoms with Crippen molar-refractivity contribution in [1.29, 1.82) is 0 Å². The van der Waals surface area contributed by atoms with E-state index in [1.807, 2.05) is 24.3 Å². The van der Waals surface area contributed by atoms with Gasteiger partial charge in [-0.25, -0.2) is 0 Å². The molecule has 10 rings (SSSR count). The quantitative estimate of drug-likeness (QED) is 0.0947. The van der Waals surface area contributed by atoms with Crippen molar-refractivity contribution < 1.29 is 28.6 Å². The van der Waals surface area contributed by atoms with E-state index in [0.29, 0.717) is 11.8 Å². The van der Waals surface area contributed by atoms with Crippen LogP contribution in [0.3, 0.4) is 0 Å². The number of hydrogen-bond donors (Lipinski definition) is 0. The first-order chi connectivity index (χ1) is 29.7. The second-order valence-electron chi connectivity index (χ2n) is 17.1. The zero-order valence-corrected chi connectivity index (χ0v) is 38.4. The number of hydrogen-bond acceptors (Lipinski definition) is 3. The largest absolute Gasteiger partial charge is 0.501 e. The molecule has 6 heteroatoms. The maximum Gasteiger partial charge on any atom is 0.121 e. The molecule has 0 saturated heterocycles. The Hall–Kier alpha value is -5.65. The Morgan fingerprint density at radius 2 is 1.43 bits per heavy atom. The minimum Gasteiger partial charge on any atom is -0.501 e. The number of imidazole rings is 1. The van der Waals surface area contributed by atoms with Gasteiger partial charge in [-0.3, -0.25) is 4.98 Å². The monoisotopic (exact) mass is 979 g/mol. The fourth-order valence-electron chi connectivity index (χ4n) is 8.40. The number of aromatic nitrogens is 3. The molecule has 0 atom stereocenters. The molecule has 0 saturated carbocycles. The molecular formula is C54H49IrN3OSi-2. The van der Waals surface area contributed by atoms with E-state index in [1.54, 1.807) is 18.2 Å². The second kappa shape index (κ2) is 16.4. The summed E-state index contributed by atoms with van der Waals surface area (Å²) < 4.78 is 31.0. The summed E-state index contributed by atoms with van der Waals surface area (Å²) in [5, 5.41) is 8.50. The molecule has 0 unspecified atom stereocenters. The van der Waals surface area contributed by atoms with Crippen molar-refractivity contribution in [2.75, 3.05) is 0 Å². The van der Waals surface area contributed by atoms with Crippen molar-refractivity contribution in [1.82, 2.24) is 14.5 Å². The van der Waals surface area contributed by atoms with Gasteiger partial charge in [-0.1, -0.05) is 137 Å². The molecule has 4 nitrogen and oxygen atoms in total. The van der Waals surface area contributed by atoms with Gasteiger partial charge in [0.2, 0.25) is 0 Å². The number of aryl methyl sites for hydroxylation is 1. The van der Waals surface area contributed by atoms with Crippen molar-refractivity contribution >= 4 is 67.8 Å². The summed E-state index contributed by atoms with van der Waals surface area (Å²) in [5.41, 5.74) is 10.6. The van der Waals surface area contributed by atoms with Gasteiger partial charge in [-0.05, 0) is 86.0 Å². The SMILES string of the molecule is CC(C)c1cccc(C(C)C)c1-n1c(-c2[c-]ccc3c2oc2cc4c(ccc5ccccc54)cc23)nc2cccc([Si](C)(C)C)c21.[2H]C([2H])([2H])c1ccc(-c2[c-]cccc2)nc1.[Ir]. The van der Waals surface area contributed by atoms with E-state index in [0.717, 1.165) is 50.1 Å². The second-order valence-corrected chi connectivity index (χ2v) is 22.1. The van der Waals surface area contributed by atoms with Gasteiger partial charge in [0.1, 0.15) is 5.58 Å². The third-order valence-corrected chi connectivity index (χ3v) is 13.3. The first kappa shape index (κ1) is 37.4. The number of benzene rings is 7. The standard InChI is InChI=1S/C42H39N2OSi.C12H10N.Ir/c1-25(2)29-15-10-16-30(26(3)4)39(29)44-40-36(19-12-20-38(40)46(5,6)7)43-42(44)33-18-11-17-32-35-23-28-22-21-27-13-8-9-14-31(27)34(28)24-37(35)45-41(32)33;1-10-7-8-12(13-9-10)11-5-3-2-4-6-11;/h8-17,19-26H,1-7H3;2-5,7-9H,1H3;/q2*-1;/i;1D3;. The van der Waals surface area contributed by atoms with Crippen LogP contribution in [0.4, 0.5) is 0 Å². The summed E-state index contributed by atoms with van der Waals surface area (Å²) in [6, 6.07) is 52.5. The molecule has 0 fully saturated rings. The van der Waals surface area contributed by atoms with Crippen molar-refractivity contribution in [3.8, 4) is 28.3 Å². The van der Waals surface area contributed by atoms with Crippen LogP contribution in [0, 0.1) is 19.0 Å². The molecule has 0 aliphatic rings. The maximum absolute atomic E-state index is 7.23. The molecular weight excluding hydrogens is 927 g/mol. The van der Waals surface area contributed by atoms with Gasteiger partial charge in [0.15, 0.2) is 0 Å². The number of rotatable bonds is 6. The molecule has 7 aromatic carbocycles. The van der Waals surface area contributed by atoms with Crippen molar-refractivity contribution in [2.45, 2.75) is 66.0 Å². The summed E-state index contributed by atoms with van der Waals surface area (Å²) in [6.07, 6.45) is 1.39. The van der Waals surface area contributed by atoms with Crippen LogP contribution in [0.25, 0.3) is 82.8 Å². The van der Waals surface area contributed by atoms with Crippen LogP contribution < -0.4 is 5.19 Å². The summed E-state index contributed by atoms with van der Waals surface area (Å²) in [5.74, 6) is 1.56. The summed E-state index contributed by atoms with van der Waals surface area (Å²) in [4.78, 5) is 9.57. The van der Waals surface area contributed by atoms with Crippen LogP contribution in [0.15, 0.2) is 144 Å². The molecule has 60 heavy (non-hydrogen) atoms. The third-order valence-electron chi connectivity index (χ3n) is 11.3. The Labute approximate surface area is 371 Å². The Balaban J connectivity index is 0.000000271. The van der Waals surface area contributed by atoms with Crippen LogP contribution in [0.1, 0.15) is 60.3 Å². The van der Waals surface area contributed by atoms with Gasteiger partial charge in [0, 0.05) is 41.5 Å². The number of pyridine rings is 1. The number of fused-ring (bicyclic) bond motifs is 7. The van der Waals surface area contributed by atoms with Gasteiger partial charge in [0.25, 0.3) is 0 Å². The minimum absolute atomic E-state index is 0. The summed E-state index contributed by atoms with van der Waals surface area (Å²) >= 11 is 0. The smallest absolute Gasteiger partial charge is 0.121 e. The van der Waals surface area contributed by atoms with E-state index >= 15 is 0 Å². The third kappa shape index (κ3) is 7.42. The average molecular weight is 979 g/mol. The fourth-order valence-corrected chi connectivity index (χ4v) is 9.95. The zero-order valence-electron chi connectivity index (χ0n) is 38.0. The van der Waals surface area contributed by atoms with E-state index in [-0.39, 0.29) is 25.7 Å². The van der Waals surface area contributed by atoms with Crippen LogP contribution >= 0.6 is 0 Å². The number of para-hydroxylation sites is 2. The number of nitrogens with zero attached hydrogens (tertiary/aromatic N) is 3. The normalized spacial score (nSPS) is 12.8. The molecule has 1 radical (unpaired) electrons. The van der Waals surface area contributed by atoms with E-state index in [2.05, 4.69) is 160 Å². The maximum atomic E-state index is 7.23. The van der Waals surface area contributed by atoms with Gasteiger partial charge >= 0.3 is 0 Å². The molecule has 0 amide bonds. The van der Waals surface area contributed by atoms with E-state index in [9.17, 15) is 0 Å². The predicted molar refractivity (Wildman–Crippen MR) is 252 cm³/mol. The molecule has 0 bridgehead atoms. The van der Waals surface area contributed by atoms with Crippen LogP contribution in [-0.4, -0.2) is 22.6 Å². The fraction of sp³-hybridized carbons (Fsp3) is 0.185. The Bertz CT molecular complexity index is 3250. The van der Waals surface area contributed by atoms with Gasteiger partial charge in [-0.15, -0.1) is 54.1 Å². The number of furan rings is 1. The average Bonchev–Trinajstić information content (AvgIpc) is 3.83. The molecule has 10 aromatic rings. The molecule has 3 aromatic heterocycles.